The maximum Gasteiger partial charge on any atom is 0.191 e. The fraction of sp³-hybridized carbons (Fsp3) is 0.560. The van der Waals surface area contributed by atoms with Crippen molar-refractivity contribution in [3.63, 3.8) is 0 Å². The van der Waals surface area contributed by atoms with Gasteiger partial charge in [0.1, 0.15) is 0 Å². The first kappa shape index (κ1) is 22.3. The number of hydrogen-bond donors (Lipinski definition) is 2. The van der Waals surface area contributed by atoms with Gasteiger partial charge in [-0.3, -0.25) is 9.89 Å². The van der Waals surface area contributed by atoms with E-state index in [9.17, 15) is 0 Å². The van der Waals surface area contributed by atoms with Crippen molar-refractivity contribution in [2.24, 2.45) is 10.9 Å². The highest BCUT2D eigenvalue weighted by molar-refractivity contribution is 7.10. The van der Waals surface area contributed by atoms with Gasteiger partial charge in [-0.1, -0.05) is 36.4 Å². The normalized spacial score (nSPS) is 23.6. The van der Waals surface area contributed by atoms with E-state index in [1.165, 1.54) is 42.8 Å². The minimum atomic E-state index is 0.161. The predicted octanol–water partition coefficient (Wildman–Crippen LogP) is 4.61. The quantitative estimate of drug-likeness (QED) is 0.465. The Bertz CT molecular complexity index is 789. The van der Waals surface area contributed by atoms with Gasteiger partial charge >= 0.3 is 0 Å². The lowest BCUT2D eigenvalue weighted by molar-refractivity contribution is -0.0265. The number of thiophene rings is 1. The molecule has 168 valence electrons. The molecule has 2 saturated heterocycles. The second kappa shape index (κ2) is 11.7. The minimum absolute atomic E-state index is 0.161. The number of benzene rings is 1. The molecular formula is C25H36N4OS. The van der Waals surface area contributed by atoms with Crippen LogP contribution in [0.2, 0.25) is 0 Å². The summed E-state index contributed by atoms with van der Waals surface area (Å²) >= 11 is 1.85. The molecule has 0 spiro atoms. The van der Waals surface area contributed by atoms with Crippen LogP contribution in [0.1, 0.15) is 55.2 Å². The lowest BCUT2D eigenvalue weighted by atomic mass is 9.89. The Labute approximate surface area is 190 Å². The Morgan fingerprint density at radius 3 is 2.71 bits per heavy atom. The Hall–Kier alpha value is -1.89. The molecule has 0 saturated carbocycles. The largest absolute Gasteiger partial charge is 0.373 e. The number of likely N-dealkylation sites (tertiary alicyclic amines) is 1. The van der Waals surface area contributed by atoms with Crippen molar-refractivity contribution in [3.05, 3.63) is 58.3 Å². The van der Waals surface area contributed by atoms with Crippen molar-refractivity contribution in [3.8, 4) is 0 Å². The number of hydrogen-bond acceptors (Lipinski definition) is 4. The van der Waals surface area contributed by atoms with Crippen LogP contribution in [0.4, 0.5) is 0 Å². The maximum absolute atomic E-state index is 6.18. The van der Waals surface area contributed by atoms with Gasteiger partial charge in [0.15, 0.2) is 5.96 Å². The fourth-order valence-electron chi connectivity index (χ4n) is 4.73. The lowest BCUT2D eigenvalue weighted by Crippen LogP contribution is -2.42. The van der Waals surface area contributed by atoms with E-state index in [2.05, 4.69) is 70.3 Å². The molecule has 5 nitrogen and oxygen atoms in total. The number of guanidine groups is 1. The summed E-state index contributed by atoms with van der Waals surface area (Å²) in [6.07, 6.45) is 5.06. The summed E-state index contributed by atoms with van der Waals surface area (Å²) < 4.78 is 6.18. The number of nitrogens with one attached hydrogen (secondary N) is 2. The van der Waals surface area contributed by atoms with Gasteiger partial charge in [-0.05, 0) is 62.7 Å². The van der Waals surface area contributed by atoms with Gasteiger partial charge in [-0.2, -0.15) is 0 Å². The third-order valence-electron chi connectivity index (χ3n) is 6.32. The molecule has 3 unspecified atom stereocenters. The summed E-state index contributed by atoms with van der Waals surface area (Å²) in [5.74, 6) is 1.37. The number of rotatable bonds is 8. The van der Waals surface area contributed by atoms with Crippen LogP contribution in [-0.4, -0.2) is 50.2 Å². The molecule has 3 atom stereocenters. The van der Waals surface area contributed by atoms with Gasteiger partial charge in [0, 0.05) is 30.5 Å². The Morgan fingerprint density at radius 1 is 1.13 bits per heavy atom. The van der Waals surface area contributed by atoms with E-state index in [0.717, 1.165) is 38.6 Å². The third kappa shape index (κ3) is 6.09. The molecule has 2 aliphatic rings. The molecule has 1 aromatic carbocycles. The van der Waals surface area contributed by atoms with Crippen LogP contribution < -0.4 is 10.6 Å². The second-order valence-corrected chi connectivity index (χ2v) is 9.46. The van der Waals surface area contributed by atoms with E-state index in [4.69, 9.17) is 9.73 Å². The summed E-state index contributed by atoms with van der Waals surface area (Å²) in [6, 6.07) is 15.4. The fourth-order valence-corrected chi connectivity index (χ4v) is 5.58. The first-order valence-corrected chi connectivity index (χ1v) is 12.7. The molecule has 0 radical (unpaired) electrons. The zero-order chi connectivity index (χ0) is 21.3. The van der Waals surface area contributed by atoms with Gasteiger partial charge in [0.25, 0.3) is 0 Å². The average molecular weight is 441 g/mol. The van der Waals surface area contributed by atoms with Gasteiger partial charge < -0.3 is 15.4 Å². The van der Waals surface area contributed by atoms with Gasteiger partial charge in [0.2, 0.25) is 0 Å². The number of aliphatic imine (C=N–C) groups is 1. The molecule has 2 fully saturated rings. The molecule has 3 heterocycles. The van der Waals surface area contributed by atoms with Crippen molar-refractivity contribution in [1.82, 2.24) is 15.5 Å². The third-order valence-corrected chi connectivity index (χ3v) is 7.30. The highest BCUT2D eigenvalue weighted by atomic mass is 32.1. The first-order chi connectivity index (χ1) is 15.3. The van der Waals surface area contributed by atoms with Crippen LogP contribution >= 0.6 is 11.3 Å². The summed E-state index contributed by atoms with van der Waals surface area (Å²) in [6.45, 7) is 7.87. The molecule has 1 aromatic heterocycles. The number of nitrogens with zero attached hydrogens (tertiary/aromatic N) is 2. The molecule has 0 bridgehead atoms. The van der Waals surface area contributed by atoms with Crippen LogP contribution in [0.25, 0.3) is 0 Å². The van der Waals surface area contributed by atoms with Gasteiger partial charge in [-0.25, -0.2) is 0 Å². The number of ether oxygens (including phenoxy) is 1. The highest BCUT2D eigenvalue weighted by Crippen LogP contribution is 2.33. The van der Waals surface area contributed by atoms with Crippen LogP contribution in [0.5, 0.6) is 0 Å². The summed E-state index contributed by atoms with van der Waals surface area (Å²) in [4.78, 5) is 9.03. The maximum atomic E-state index is 6.18. The topological polar surface area (TPSA) is 48.9 Å². The monoisotopic (exact) mass is 440 g/mol. The smallest absolute Gasteiger partial charge is 0.191 e. The van der Waals surface area contributed by atoms with E-state index in [1.54, 1.807) is 0 Å². The lowest BCUT2D eigenvalue weighted by Gasteiger charge is -2.32. The predicted molar refractivity (Wildman–Crippen MR) is 130 cm³/mol. The molecule has 6 heteroatoms. The molecular weight excluding hydrogens is 404 g/mol. The van der Waals surface area contributed by atoms with Crippen LogP contribution in [0.3, 0.4) is 0 Å². The van der Waals surface area contributed by atoms with Crippen molar-refractivity contribution in [1.29, 1.82) is 0 Å². The molecule has 2 N–H and O–H groups in total. The van der Waals surface area contributed by atoms with Gasteiger partial charge in [-0.15, -0.1) is 11.3 Å². The Morgan fingerprint density at radius 2 is 1.97 bits per heavy atom. The van der Waals surface area contributed by atoms with Crippen molar-refractivity contribution < 1.29 is 4.74 Å². The average Bonchev–Trinajstić information content (AvgIpc) is 3.54. The zero-order valence-corrected chi connectivity index (χ0v) is 19.4. The summed E-state index contributed by atoms with van der Waals surface area (Å²) in [5.41, 5.74) is 1.28. The van der Waals surface area contributed by atoms with E-state index >= 15 is 0 Å². The molecule has 0 amide bonds. The molecule has 0 aliphatic carbocycles. The van der Waals surface area contributed by atoms with Crippen LogP contribution in [0, 0.1) is 5.92 Å². The SMILES string of the molecule is CCNC(=NCC(c1cccs1)N1CCCC1)NCC1CCCOC1c1ccccc1. The summed E-state index contributed by atoms with van der Waals surface area (Å²) in [5, 5.41) is 9.26. The van der Waals surface area contributed by atoms with Gasteiger partial charge in [0.05, 0.1) is 18.7 Å². The van der Waals surface area contributed by atoms with Crippen molar-refractivity contribution >= 4 is 17.3 Å². The second-order valence-electron chi connectivity index (χ2n) is 8.48. The van der Waals surface area contributed by atoms with Crippen LogP contribution in [0.15, 0.2) is 52.8 Å². The summed E-state index contributed by atoms with van der Waals surface area (Å²) in [7, 11) is 0. The molecule has 2 aromatic rings. The zero-order valence-electron chi connectivity index (χ0n) is 18.6. The van der Waals surface area contributed by atoms with E-state index in [1.807, 2.05) is 11.3 Å². The van der Waals surface area contributed by atoms with Crippen LogP contribution in [-0.2, 0) is 4.74 Å². The van der Waals surface area contributed by atoms with Crippen molar-refractivity contribution in [2.75, 3.05) is 39.3 Å². The van der Waals surface area contributed by atoms with E-state index < -0.39 is 0 Å². The van der Waals surface area contributed by atoms with E-state index in [-0.39, 0.29) is 6.10 Å². The first-order valence-electron chi connectivity index (χ1n) is 11.8. The van der Waals surface area contributed by atoms with E-state index in [0.29, 0.717) is 12.0 Å². The Balaban J connectivity index is 1.41. The Kier molecular flexibility index (Phi) is 8.38. The molecule has 2 aliphatic heterocycles. The van der Waals surface area contributed by atoms with Crippen molar-refractivity contribution in [2.45, 2.75) is 44.8 Å². The molecule has 4 rings (SSSR count). The standard InChI is InChI=1S/C25H36N4OS/c1-2-26-25(28-19-22(23-13-9-17-31-23)29-14-6-7-15-29)27-18-21-12-8-16-30-24(21)20-10-4-3-5-11-20/h3-5,9-11,13,17,21-22,24H,2,6-8,12,14-16,18-19H2,1H3,(H2,26,27,28). The molecule has 31 heavy (non-hydrogen) atoms. The highest BCUT2D eigenvalue weighted by Gasteiger charge is 2.28. The minimum Gasteiger partial charge on any atom is -0.373 e.